The van der Waals surface area contributed by atoms with Crippen molar-refractivity contribution in [1.82, 2.24) is 9.78 Å². The van der Waals surface area contributed by atoms with Crippen molar-refractivity contribution in [1.29, 1.82) is 0 Å². The zero-order valence-electron chi connectivity index (χ0n) is 12.0. The van der Waals surface area contributed by atoms with E-state index in [1.54, 1.807) is 0 Å². The van der Waals surface area contributed by atoms with E-state index < -0.39 is 10.8 Å². The number of nitrogen functional groups attached to an aromatic ring is 1. The molecule has 108 valence electrons. The van der Waals surface area contributed by atoms with Gasteiger partial charge < -0.3 is 5.73 Å². The van der Waals surface area contributed by atoms with Crippen molar-refractivity contribution >= 4 is 27.4 Å². The van der Waals surface area contributed by atoms with Gasteiger partial charge in [-0.2, -0.15) is 5.10 Å². The summed E-state index contributed by atoms with van der Waals surface area (Å²) in [6, 6.07) is 13.6. The highest BCUT2D eigenvalue weighted by Crippen LogP contribution is 2.24. The summed E-state index contributed by atoms with van der Waals surface area (Å²) in [4.78, 5) is 0.685. The standard InChI is InChI=1S/C16H17N3OS/c1-11-6-5-9-15(16(11)17)21(20)10-13-12-7-3-4-8-14(12)19(2)18-13/h3-9H,10,17H2,1-2H3. The fourth-order valence-electron chi connectivity index (χ4n) is 2.45. The number of hydrogen-bond acceptors (Lipinski definition) is 3. The van der Waals surface area contributed by atoms with Gasteiger partial charge in [0.1, 0.15) is 0 Å². The van der Waals surface area contributed by atoms with Gasteiger partial charge in [-0.3, -0.25) is 8.89 Å². The van der Waals surface area contributed by atoms with E-state index in [0.29, 0.717) is 16.3 Å². The number of fused-ring (bicyclic) bond motifs is 1. The summed E-state index contributed by atoms with van der Waals surface area (Å²) in [7, 11) is 0.699. The van der Waals surface area contributed by atoms with Crippen molar-refractivity contribution in [2.24, 2.45) is 7.05 Å². The summed E-state index contributed by atoms with van der Waals surface area (Å²) in [5.41, 5.74) is 9.48. The van der Waals surface area contributed by atoms with E-state index in [-0.39, 0.29) is 0 Å². The van der Waals surface area contributed by atoms with E-state index in [0.717, 1.165) is 22.2 Å². The average molecular weight is 299 g/mol. The molecule has 0 spiro atoms. The highest BCUT2D eigenvalue weighted by atomic mass is 32.2. The van der Waals surface area contributed by atoms with Gasteiger partial charge in [-0.15, -0.1) is 0 Å². The summed E-state index contributed by atoms with van der Waals surface area (Å²) in [5.74, 6) is 0.370. The number of aromatic nitrogens is 2. The molecule has 0 amide bonds. The molecule has 0 saturated carbocycles. The van der Waals surface area contributed by atoms with Gasteiger partial charge in [-0.1, -0.05) is 30.3 Å². The number of anilines is 1. The normalized spacial score (nSPS) is 12.7. The van der Waals surface area contributed by atoms with Crippen LogP contribution in [0.2, 0.25) is 0 Å². The second kappa shape index (κ2) is 5.33. The molecule has 0 bridgehead atoms. The Morgan fingerprint density at radius 3 is 2.76 bits per heavy atom. The fraction of sp³-hybridized carbons (Fsp3) is 0.188. The van der Waals surface area contributed by atoms with Crippen molar-refractivity contribution in [3.8, 4) is 0 Å². The zero-order valence-corrected chi connectivity index (χ0v) is 12.9. The molecule has 4 nitrogen and oxygen atoms in total. The molecule has 1 unspecified atom stereocenters. The number of nitrogens with zero attached hydrogens (tertiary/aromatic N) is 2. The molecule has 1 aromatic heterocycles. The maximum atomic E-state index is 12.6. The summed E-state index contributed by atoms with van der Waals surface area (Å²) in [6.07, 6.45) is 0. The summed E-state index contributed by atoms with van der Waals surface area (Å²) >= 11 is 0. The molecular weight excluding hydrogens is 282 g/mol. The summed E-state index contributed by atoms with van der Waals surface area (Å²) in [6.45, 7) is 1.92. The van der Waals surface area contributed by atoms with Crippen LogP contribution in [0.15, 0.2) is 47.4 Å². The van der Waals surface area contributed by atoms with E-state index in [9.17, 15) is 4.21 Å². The van der Waals surface area contributed by atoms with Crippen molar-refractivity contribution < 1.29 is 4.21 Å². The Balaban J connectivity index is 1.99. The van der Waals surface area contributed by atoms with E-state index in [2.05, 4.69) is 5.10 Å². The lowest BCUT2D eigenvalue weighted by Crippen LogP contribution is -2.03. The quantitative estimate of drug-likeness (QED) is 0.756. The van der Waals surface area contributed by atoms with Crippen LogP contribution in [0.1, 0.15) is 11.3 Å². The SMILES string of the molecule is Cc1cccc(S(=O)Cc2nn(C)c3ccccc23)c1N. The van der Waals surface area contributed by atoms with Crippen LogP contribution in [0.25, 0.3) is 10.9 Å². The first-order valence-corrected chi connectivity index (χ1v) is 8.04. The molecule has 0 aliphatic carbocycles. The van der Waals surface area contributed by atoms with Gasteiger partial charge in [0.05, 0.1) is 38.3 Å². The Labute approximate surface area is 126 Å². The van der Waals surface area contributed by atoms with Gasteiger partial charge in [0.2, 0.25) is 0 Å². The van der Waals surface area contributed by atoms with Crippen LogP contribution in [0.5, 0.6) is 0 Å². The maximum Gasteiger partial charge on any atom is 0.0831 e. The topological polar surface area (TPSA) is 60.9 Å². The number of aryl methyl sites for hydroxylation is 2. The van der Waals surface area contributed by atoms with Crippen LogP contribution in [0.3, 0.4) is 0 Å². The number of benzene rings is 2. The molecule has 2 N–H and O–H groups in total. The third kappa shape index (κ3) is 2.45. The van der Waals surface area contributed by atoms with Gasteiger partial charge >= 0.3 is 0 Å². The molecule has 2 aromatic carbocycles. The Kier molecular flexibility index (Phi) is 3.51. The molecule has 0 aliphatic rings. The Morgan fingerprint density at radius 2 is 1.95 bits per heavy atom. The monoisotopic (exact) mass is 299 g/mol. The lowest BCUT2D eigenvalue weighted by Gasteiger charge is -2.07. The van der Waals surface area contributed by atoms with E-state index in [1.807, 2.05) is 61.1 Å². The smallest absolute Gasteiger partial charge is 0.0831 e. The molecule has 0 aliphatic heterocycles. The number of rotatable bonds is 3. The number of hydrogen-bond donors (Lipinski definition) is 1. The van der Waals surface area contributed by atoms with Crippen molar-refractivity contribution in [3.63, 3.8) is 0 Å². The molecule has 1 heterocycles. The van der Waals surface area contributed by atoms with Crippen LogP contribution in [-0.2, 0) is 23.6 Å². The molecule has 3 aromatic rings. The second-order valence-corrected chi connectivity index (χ2v) is 6.48. The van der Waals surface area contributed by atoms with Crippen LogP contribution in [-0.4, -0.2) is 14.0 Å². The highest BCUT2D eigenvalue weighted by Gasteiger charge is 2.15. The van der Waals surface area contributed by atoms with Gasteiger partial charge in [-0.25, -0.2) is 0 Å². The Morgan fingerprint density at radius 1 is 1.19 bits per heavy atom. The maximum absolute atomic E-state index is 12.6. The molecule has 0 radical (unpaired) electrons. The Hall–Kier alpha value is -2.14. The minimum absolute atomic E-state index is 0.370. The van der Waals surface area contributed by atoms with Crippen LogP contribution in [0, 0.1) is 6.92 Å². The molecule has 1 atom stereocenters. The van der Waals surface area contributed by atoms with Gasteiger partial charge in [0, 0.05) is 12.4 Å². The average Bonchev–Trinajstić information content (AvgIpc) is 2.79. The van der Waals surface area contributed by atoms with Crippen LogP contribution in [0.4, 0.5) is 5.69 Å². The molecular formula is C16H17N3OS. The molecule has 0 fully saturated rings. The molecule has 0 saturated heterocycles. The first kappa shape index (κ1) is 13.8. The zero-order chi connectivity index (χ0) is 15.0. The van der Waals surface area contributed by atoms with Gasteiger partial charge in [-0.05, 0) is 24.6 Å². The minimum Gasteiger partial charge on any atom is -0.398 e. The van der Waals surface area contributed by atoms with Crippen molar-refractivity contribution in [2.45, 2.75) is 17.6 Å². The summed E-state index contributed by atoms with van der Waals surface area (Å²) in [5, 5.41) is 5.53. The molecule has 5 heteroatoms. The van der Waals surface area contributed by atoms with Gasteiger partial charge in [0.15, 0.2) is 0 Å². The van der Waals surface area contributed by atoms with E-state index in [4.69, 9.17) is 5.73 Å². The number of nitrogens with two attached hydrogens (primary N) is 1. The van der Waals surface area contributed by atoms with Crippen molar-refractivity contribution in [3.05, 3.63) is 53.7 Å². The molecule has 3 rings (SSSR count). The minimum atomic E-state index is -1.20. The van der Waals surface area contributed by atoms with E-state index in [1.165, 1.54) is 0 Å². The van der Waals surface area contributed by atoms with E-state index >= 15 is 0 Å². The lowest BCUT2D eigenvalue weighted by atomic mass is 10.2. The first-order valence-electron chi connectivity index (χ1n) is 6.72. The lowest BCUT2D eigenvalue weighted by molar-refractivity contribution is 0.681. The first-order chi connectivity index (χ1) is 10.1. The number of para-hydroxylation sites is 2. The third-order valence-corrected chi connectivity index (χ3v) is 5.01. The van der Waals surface area contributed by atoms with Crippen LogP contribution >= 0.6 is 0 Å². The molecule has 21 heavy (non-hydrogen) atoms. The third-order valence-electron chi connectivity index (χ3n) is 3.63. The van der Waals surface area contributed by atoms with Gasteiger partial charge in [0.25, 0.3) is 0 Å². The van der Waals surface area contributed by atoms with Crippen molar-refractivity contribution in [2.75, 3.05) is 5.73 Å². The Bertz CT molecular complexity index is 839. The largest absolute Gasteiger partial charge is 0.398 e. The predicted molar refractivity (Wildman–Crippen MR) is 86.4 cm³/mol. The fourth-order valence-corrected chi connectivity index (χ4v) is 3.70. The highest BCUT2D eigenvalue weighted by molar-refractivity contribution is 7.84. The summed E-state index contributed by atoms with van der Waals surface area (Å²) < 4.78 is 14.4. The second-order valence-electron chi connectivity index (χ2n) is 5.06. The predicted octanol–water partition coefficient (Wildman–Crippen LogP) is 2.77. The van der Waals surface area contributed by atoms with Crippen LogP contribution < -0.4 is 5.73 Å².